The molecule has 41 heavy (non-hydrogen) atoms. The van der Waals surface area contributed by atoms with Crippen molar-refractivity contribution in [3.05, 3.63) is 83.7 Å². The van der Waals surface area contributed by atoms with E-state index in [4.69, 9.17) is 9.47 Å². The Hall–Kier alpha value is -4.12. The number of rotatable bonds is 13. The summed E-state index contributed by atoms with van der Waals surface area (Å²) in [6.07, 6.45) is 0.278. The van der Waals surface area contributed by atoms with Gasteiger partial charge in [-0.1, -0.05) is 36.8 Å². The molecule has 0 bridgehead atoms. The number of halogens is 1. The molecule has 1 atom stereocenters. The zero-order chi connectivity index (χ0) is 30.2. The number of nitrogens with one attached hydrogen (secondary N) is 1. The van der Waals surface area contributed by atoms with Crippen molar-refractivity contribution in [1.82, 2.24) is 10.2 Å². The van der Waals surface area contributed by atoms with Gasteiger partial charge in [-0.2, -0.15) is 0 Å². The van der Waals surface area contributed by atoms with Gasteiger partial charge in [0.2, 0.25) is 11.8 Å². The number of hydrogen-bond donors (Lipinski definition) is 1. The number of aryl methyl sites for hydroxylation is 1. The summed E-state index contributed by atoms with van der Waals surface area (Å²) in [5.74, 6) is -0.761. The van der Waals surface area contributed by atoms with Gasteiger partial charge in [0, 0.05) is 19.2 Å². The van der Waals surface area contributed by atoms with Crippen molar-refractivity contribution < 1.29 is 31.9 Å². The summed E-state index contributed by atoms with van der Waals surface area (Å²) in [4.78, 5) is 28.3. The van der Waals surface area contributed by atoms with Gasteiger partial charge in [0.25, 0.3) is 10.0 Å². The van der Waals surface area contributed by atoms with Crippen molar-refractivity contribution in [2.45, 2.75) is 44.7 Å². The van der Waals surface area contributed by atoms with Crippen LogP contribution in [-0.2, 0) is 26.2 Å². The number of likely N-dealkylation sites (N-methyl/N-ethyl adjacent to an activating group) is 1. The van der Waals surface area contributed by atoms with Crippen LogP contribution >= 0.6 is 0 Å². The molecule has 9 nitrogen and oxygen atoms in total. The Morgan fingerprint density at radius 3 is 2.12 bits per heavy atom. The highest BCUT2D eigenvalue weighted by molar-refractivity contribution is 7.92. The quantitative estimate of drug-likeness (QED) is 0.321. The van der Waals surface area contributed by atoms with Crippen molar-refractivity contribution in [3.8, 4) is 11.5 Å². The average Bonchev–Trinajstić information content (AvgIpc) is 2.96. The standard InChI is InChI=1S/C30H36FN3O6S/c1-6-26(30(36)32-7-2)33(19-22-10-12-23(31)13-11-22)29(35)20-34(24-14-17-27(39-4)28(18-24)40-5)41(37,38)25-15-8-21(3)9-16-25/h8-18,26H,6-7,19-20H2,1-5H3,(H,32,36)/t26-/m1/s1. The number of carbonyl (C=O) groups excluding carboxylic acids is 2. The van der Waals surface area contributed by atoms with E-state index in [2.05, 4.69) is 5.32 Å². The molecule has 220 valence electrons. The largest absolute Gasteiger partial charge is 0.493 e. The van der Waals surface area contributed by atoms with Crippen LogP contribution in [0.1, 0.15) is 31.4 Å². The molecule has 3 aromatic rings. The zero-order valence-electron chi connectivity index (χ0n) is 23.9. The van der Waals surface area contributed by atoms with E-state index in [9.17, 15) is 22.4 Å². The van der Waals surface area contributed by atoms with Gasteiger partial charge in [-0.3, -0.25) is 13.9 Å². The van der Waals surface area contributed by atoms with Crippen LogP contribution in [0.4, 0.5) is 10.1 Å². The van der Waals surface area contributed by atoms with Gasteiger partial charge >= 0.3 is 0 Å². The fraction of sp³-hybridized carbons (Fsp3) is 0.333. The summed E-state index contributed by atoms with van der Waals surface area (Å²) in [7, 11) is -1.36. The van der Waals surface area contributed by atoms with E-state index >= 15 is 0 Å². The highest BCUT2D eigenvalue weighted by Crippen LogP contribution is 2.34. The molecular weight excluding hydrogens is 549 g/mol. The molecule has 0 saturated heterocycles. The summed E-state index contributed by atoms with van der Waals surface area (Å²) in [5, 5.41) is 2.75. The van der Waals surface area contributed by atoms with Crippen LogP contribution in [0.15, 0.2) is 71.6 Å². The molecule has 3 rings (SSSR count). The number of sulfonamides is 1. The Morgan fingerprint density at radius 2 is 1.56 bits per heavy atom. The summed E-state index contributed by atoms with van der Waals surface area (Å²) in [6.45, 7) is 5.09. The normalized spacial score (nSPS) is 11.9. The molecule has 0 aliphatic rings. The van der Waals surface area contributed by atoms with E-state index in [1.807, 2.05) is 6.92 Å². The minimum absolute atomic E-state index is 0.00784. The number of ether oxygens (including phenoxy) is 2. The molecule has 0 aromatic heterocycles. The molecule has 0 aliphatic heterocycles. The van der Waals surface area contributed by atoms with Crippen LogP contribution in [0, 0.1) is 12.7 Å². The third-order valence-electron chi connectivity index (χ3n) is 6.55. The molecule has 0 aliphatic carbocycles. The molecule has 2 amide bonds. The van der Waals surface area contributed by atoms with Gasteiger partial charge in [-0.05, 0) is 62.2 Å². The number of benzene rings is 3. The van der Waals surface area contributed by atoms with Crippen molar-refractivity contribution >= 4 is 27.5 Å². The van der Waals surface area contributed by atoms with E-state index in [1.54, 1.807) is 32.0 Å². The van der Waals surface area contributed by atoms with Crippen LogP contribution in [0.5, 0.6) is 11.5 Å². The third kappa shape index (κ3) is 7.55. The Balaban J connectivity index is 2.11. The van der Waals surface area contributed by atoms with Gasteiger partial charge in [0.1, 0.15) is 18.4 Å². The minimum atomic E-state index is -4.25. The molecule has 11 heteroatoms. The lowest BCUT2D eigenvalue weighted by Crippen LogP contribution is -2.52. The summed E-state index contributed by atoms with van der Waals surface area (Å²) < 4.78 is 53.3. The first kappa shape index (κ1) is 31.4. The van der Waals surface area contributed by atoms with E-state index in [0.29, 0.717) is 17.9 Å². The second-order valence-corrected chi connectivity index (χ2v) is 11.2. The summed E-state index contributed by atoms with van der Waals surface area (Å²) >= 11 is 0. The maximum absolute atomic E-state index is 14.0. The second kappa shape index (κ2) is 14.0. The first-order valence-electron chi connectivity index (χ1n) is 13.2. The van der Waals surface area contributed by atoms with Crippen LogP contribution in [0.25, 0.3) is 0 Å². The zero-order valence-corrected chi connectivity index (χ0v) is 24.7. The summed E-state index contributed by atoms with van der Waals surface area (Å²) in [5.41, 5.74) is 1.63. The molecule has 0 radical (unpaired) electrons. The number of amides is 2. The van der Waals surface area contributed by atoms with Crippen molar-refractivity contribution in [2.24, 2.45) is 0 Å². The fourth-order valence-electron chi connectivity index (χ4n) is 4.34. The molecule has 0 heterocycles. The van der Waals surface area contributed by atoms with Gasteiger partial charge in [-0.15, -0.1) is 0 Å². The fourth-order valence-corrected chi connectivity index (χ4v) is 5.75. The molecular formula is C30H36FN3O6S. The number of anilines is 1. The average molecular weight is 586 g/mol. The highest BCUT2D eigenvalue weighted by Gasteiger charge is 2.34. The van der Waals surface area contributed by atoms with Crippen molar-refractivity contribution in [3.63, 3.8) is 0 Å². The Labute approximate surface area is 240 Å². The maximum Gasteiger partial charge on any atom is 0.264 e. The Kier molecular flexibility index (Phi) is 10.7. The number of nitrogens with zero attached hydrogens (tertiary/aromatic N) is 2. The molecule has 0 fully saturated rings. The van der Waals surface area contributed by atoms with Crippen LogP contribution in [0.2, 0.25) is 0 Å². The van der Waals surface area contributed by atoms with E-state index in [0.717, 1.165) is 9.87 Å². The van der Waals surface area contributed by atoms with E-state index in [-0.39, 0.29) is 35.2 Å². The number of methoxy groups -OCH3 is 2. The lowest BCUT2D eigenvalue weighted by molar-refractivity contribution is -0.140. The predicted molar refractivity (Wildman–Crippen MR) is 155 cm³/mol. The Bertz CT molecular complexity index is 1450. The van der Waals surface area contributed by atoms with Gasteiger partial charge in [0.15, 0.2) is 11.5 Å². The monoisotopic (exact) mass is 585 g/mol. The summed E-state index contributed by atoms with van der Waals surface area (Å²) in [6, 6.07) is 15.5. The van der Waals surface area contributed by atoms with Crippen LogP contribution in [0.3, 0.4) is 0 Å². The first-order chi connectivity index (χ1) is 19.5. The SMILES string of the molecule is CCNC(=O)[C@@H](CC)N(Cc1ccc(F)cc1)C(=O)CN(c1ccc(OC)c(OC)c1)S(=O)(=O)c1ccc(C)cc1. The van der Waals surface area contributed by atoms with Crippen LogP contribution in [-0.4, -0.2) is 58.5 Å². The van der Waals surface area contributed by atoms with E-state index < -0.39 is 34.3 Å². The molecule has 3 aromatic carbocycles. The van der Waals surface area contributed by atoms with Gasteiger partial charge in [0.05, 0.1) is 24.8 Å². The maximum atomic E-state index is 14.0. The third-order valence-corrected chi connectivity index (χ3v) is 8.33. The lowest BCUT2D eigenvalue weighted by atomic mass is 10.1. The van der Waals surface area contributed by atoms with E-state index in [1.165, 1.54) is 67.7 Å². The first-order valence-corrected chi connectivity index (χ1v) is 14.6. The number of hydrogen-bond acceptors (Lipinski definition) is 6. The molecule has 0 saturated carbocycles. The lowest BCUT2D eigenvalue weighted by Gasteiger charge is -2.33. The second-order valence-electron chi connectivity index (χ2n) is 9.33. The minimum Gasteiger partial charge on any atom is -0.493 e. The van der Waals surface area contributed by atoms with Gasteiger partial charge < -0.3 is 19.7 Å². The van der Waals surface area contributed by atoms with Gasteiger partial charge in [-0.25, -0.2) is 12.8 Å². The van der Waals surface area contributed by atoms with Crippen molar-refractivity contribution in [2.75, 3.05) is 31.6 Å². The van der Waals surface area contributed by atoms with Crippen LogP contribution < -0.4 is 19.1 Å². The molecule has 0 spiro atoms. The highest BCUT2D eigenvalue weighted by atomic mass is 32.2. The topological polar surface area (TPSA) is 105 Å². The number of carbonyl (C=O) groups is 2. The molecule has 1 N–H and O–H groups in total. The Morgan fingerprint density at radius 1 is 0.927 bits per heavy atom. The predicted octanol–water partition coefficient (Wildman–Crippen LogP) is 4.29. The molecule has 0 unspecified atom stereocenters. The smallest absolute Gasteiger partial charge is 0.264 e. The van der Waals surface area contributed by atoms with Crippen molar-refractivity contribution in [1.29, 1.82) is 0 Å².